The van der Waals surface area contributed by atoms with Gasteiger partial charge in [-0.3, -0.25) is 14.0 Å². The highest BCUT2D eigenvalue weighted by Crippen LogP contribution is 2.29. The van der Waals surface area contributed by atoms with Crippen molar-refractivity contribution >= 4 is 11.6 Å². The molecule has 2 atom stereocenters. The van der Waals surface area contributed by atoms with Gasteiger partial charge in [0.05, 0.1) is 18.8 Å². The summed E-state index contributed by atoms with van der Waals surface area (Å²) in [6.45, 7) is 1.08. The van der Waals surface area contributed by atoms with Crippen LogP contribution in [-0.4, -0.2) is 45.5 Å². The van der Waals surface area contributed by atoms with Crippen molar-refractivity contribution in [3.8, 4) is 0 Å². The first kappa shape index (κ1) is 14.4. The molecule has 1 aliphatic heterocycles. The number of aromatic nitrogens is 2. The van der Waals surface area contributed by atoms with E-state index in [1.165, 1.54) is 10.6 Å². The zero-order chi connectivity index (χ0) is 15.8. The summed E-state index contributed by atoms with van der Waals surface area (Å²) in [7, 11) is 0. The van der Waals surface area contributed by atoms with E-state index in [4.69, 9.17) is 4.74 Å². The van der Waals surface area contributed by atoms with E-state index in [0.717, 1.165) is 25.7 Å². The molecule has 2 aliphatic rings. The number of carbonyl (C=O) groups excluding carboxylic acids is 1. The molecule has 0 spiro atoms. The molecule has 6 nitrogen and oxygen atoms in total. The number of amides is 1. The monoisotopic (exact) mass is 313 g/mol. The third-order valence-electron chi connectivity index (χ3n) is 4.84. The fourth-order valence-corrected chi connectivity index (χ4v) is 3.68. The number of nitrogens with zero attached hydrogens (tertiary/aromatic N) is 3. The number of morpholine rings is 1. The second kappa shape index (κ2) is 5.77. The summed E-state index contributed by atoms with van der Waals surface area (Å²) in [6, 6.07) is 5.41. The lowest BCUT2D eigenvalue weighted by Gasteiger charge is -2.43. The minimum Gasteiger partial charge on any atom is -0.374 e. The van der Waals surface area contributed by atoms with Gasteiger partial charge < -0.3 is 9.64 Å². The Morgan fingerprint density at radius 2 is 2.13 bits per heavy atom. The molecule has 2 aromatic heterocycles. The predicted octanol–water partition coefficient (Wildman–Crippen LogP) is 1.48. The van der Waals surface area contributed by atoms with Gasteiger partial charge in [0.1, 0.15) is 11.2 Å². The van der Waals surface area contributed by atoms with Crippen LogP contribution in [0.25, 0.3) is 5.65 Å². The van der Waals surface area contributed by atoms with Gasteiger partial charge in [-0.05, 0) is 25.0 Å². The van der Waals surface area contributed by atoms with Gasteiger partial charge in [0.2, 0.25) is 0 Å². The SMILES string of the molecule is O=C(c1cnc2ccccn2c1=O)N1CCO[C@@H]2CCCC[C@@H]21. The molecule has 0 unspecified atom stereocenters. The zero-order valence-electron chi connectivity index (χ0n) is 12.9. The molecule has 3 heterocycles. The first-order chi connectivity index (χ1) is 11.3. The van der Waals surface area contributed by atoms with Crippen molar-refractivity contribution in [3.05, 3.63) is 46.5 Å². The summed E-state index contributed by atoms with van der Waals surface area (Å²) in [5.41, 5.74) is 0.381. The topological polar surface area (TPSA) is 63.9 Å². The smallest absolute Gasteiger partial charge is 0.270 e. The normalized spacial score (nSPS) is 24.4. The minimum absolute atomic E-state index is 0.0841. The molecule has 1 saturated heterocycles. The van der Waals surface area contributed by atoms with E-state index in [-0.39, 0.29) is 29.2 Å². The third kappa shape index (κ3) is 2.43. The zero-order valence-corrected chi connectivity index (χ0v) is 12.9. The third-order valence-corrected chi connectivity index (χ3v) is 4.84. The largest absolute Gasteiger partial charge is 0.374 e. The van der Waals surface area contributed by atoms with Crippen molar-refractivity contribution in [2.45, 2.75) is 37.8 Å². The molecule has 6 heteroatoms. The van der Waals surface area contributed by atoms with Crippen LogP contribution in [0.3, 0.4) is 0 Å². The van der Waals surface area contributed by atoms with Crippen LogP contribution >= 0.6 is 0 Å². The van der Waals surface area contributed by atoms with Gasteiger partial charge in [0.15, 0.2) is 0 Å². The van der Waals surface area contributed by atoms with Crippen LogP contribution < -0.4 is 5.56 Å². The van der Waals surface area contributed by atoms with Crippen LogP contribution in [0.5, 0.6) is 0 Å². The Morgan fingerprint density at radius 3 is 3.04 bits per heavy atom. The maximum Gasteiger partial charge on any atom is 0.270 e. The quantitative estimate of drug-likeness (QED) is 0.800. The molecule has 1 amide bonds. The summed E-state index contributed by atoms with van der Waals surface area (Å²) < 4.78 is 7.23. The average molecular weight is 313 g/mol. The Morgan fingerprint density at radius 1 is 1.26 bits per heavy atom. The molecule has 120 valence electrons. The number of rotatable bonds is 1. The first-order valence-electron chi connectivity index (χ1n) is 8.15. The van der Waals surface area contributed by atoms with Gasteiger partial charge in [-0.2, -0.15) is 0 Å². The van der Waals surface area contributed by atoms with Crippen molar-refractivity contribution in [1.82, 2.24) is 14.3 Å². The van der Waals surface area contributed by atoms with Crippen molar-refractivity contribution in [2.24, 2.45) is 0 Å². The number of pyridine rings is 1. The highest BCUT2D eigenvalue weighted by atomic mass is 16.5. The highest BCUT2D eigenvalue weighted by Gasteiger charge is 2.37. The lowest BCUT2D eigenvalue weighted by molar-refractivity contribution is -0.0753. The molecule has 2 fully saturated rings. The fraction of sp³-hybridized carbons (Fsp3) is 0.471. The predicted molar refractivity (Wildman–Crippen MR) is 84.5 cm³/mol. The second-order valence-corrected chi connectivity index (χ2v) is 6.17. The molecule has 0 aromatic carbocycles. The van der Waals surface area contributed by atoms with E-state index in [2.05, 4.69) is 4.98 Å². The van der Waals surface area contributed by atoms with Gasteiger partial charge in [-0.1, -0.05) is 18.9 Å². The van der Waals surface area contributed by atoms with Crippen molar-refractivity contribution in [2.75, 3.05) is 13.2 Å². The van der Waals surface area contributed by atoms with Gasteiger partial charge in [-0.15, -0.1) is 0 Å². The molecular formula is C17H19N3O3. The Labute approximate surface area is 133 Å². The first-order valence-corrected chi connectivity index (χ1v) is 8.15. The van der Waals surface area contributed by atoms with E-state index in [0.29, 0.717) is 18.8 Å². The Bertz CT molecular complexity index is 799. The van der Waals surface area contributed by atoms with Crippen molar-refractivity contribution < 1.29 is 9.53 Å². The van der Waals surface area contributed by atoms with Crippen LogP contribution in [0.15, 0.2) is 35.4 Å². The van der Waals surface area contributed by atoms with Crippen LogP contribution in [0.1, 0.15) is 36.0 Å². The Kier molecular flexibility index (Phi) is 3.61. The summed E-state index contributed by atoms with van der Waals surface area (Å²) in [6.07, 6.45) is 7.34. The van der Waals surface area contributed by atoms with Crippen LogP contribution in [0.2, 0.25) is 0 Å². The Balaban J connectivity index is 1.71. The van der Waals surface area contributed by atoms with Gasteiger partial charge in [-0.25, -0.2) is 4.98 Å². The van der Waals surface area contributed by atoms with Gasteiger partial charge in [0.25, 0.3) is 11.5 Å². The van der Waals surface area contributed by atoms with E-state index >= 15 is 0 Å². The summed E-state index contributed by atoms with van der Waals surface area (Å²) in [5.74, 6) is -0.221. The van der Waals surface area contributed by atoms with Crippen molar-refractivity contribution in [3.63, 3.8) is 0 Å². The van der Waals surface area contributed by atoms with Crippen molar-refractivity contribution in [1.29, 1.82) is 0 Å². The molecule has 4 rings (SSSR count). The highest BCUT2D eigenvalue weighted by molar-refractivity contribution is 5.94. The van der Waals surface area contributed by atoms with Crippen LogP contribution in [0.4, 0.5) is 0 Å². The fourth-order valence-electron chi connectivity index (χ4n) is 3.68. The van der Waals surface area contributed by atoms with E-state index in [1.807, 2.05) is 11.0 Å². The molecule has 0 bridgehead atoms. The number of hydrogen-bond donors (Lipinski definition) is 0. The molecule has 1 saturated carbocycles. The minimum atomic E-state index is -0.306. The van der Waals surface area contributed by atoms with E-state index in [1.54, 1.807) is 18.3 Å². The lowest BCUT2D eigenvalue weighted by atomic mass is 9.90. The molecular weight excluding hydrogens is 294 g/mol. The van der Waals surface area contributed by atoms with Gasteiger partial charge >= 0.3 is 0 Å². The number of fused-ring (bicyclic) bond motifs is 2. The molecule has 0 radical (unpaired) electrons. The number of ether oxygens (including phenoxy) is 1. The van der Waals surface area contributed by atoms with Crippen LogP contribution in [-0.2, 0) is 4.74 Å². The summed E-state index contributed by atoms with van der Waals surface area (Å²) in [5, 5.41) is 0. The number of hydrogen-bond acceptors (Lipinski definition) is 4. The Hall–Kier alpha value is -2.21. The second-order valence-electron chi connectivity index (χ2n) is 6.17. The molecule has 1 aliphatic carbocycles. The average Bonchev–Trinajstić information content (AvgIpc) is 2.61. The summed E-state index contributed by atoms with van der Waals surface area (Å²) in [4.78, 5) is 31.6. The lowest BCUT2D eigenvalue weighted by Crippen LogP contribution is -2.55. The maximum absolute atomic E-state index is 12.9. The maximum atomic E-state index is 12.9. The standard InChI is InChI=1S/C17H19N3O3/c21-16(19-9-10-23-14-6-2-1-5-13(14)19)12-11-18-15-7-3-4-8-20(15)17(12)22/h3-4,7-8,11,13-14H,1-2,5-6,9-10H2/t13-,14+/m0/s1. The molecule has 2 aromatic rings. The van der Waals surface area contributed by atoms with E-state index in [9.17, 15) is 9.59 Å². The van der Waals surface area contributed by atoms with Crippen LogP contribution in [0, 0.1) is 0 Å². The molecule has 23 heavy (non-hydrogen) atoms. The summed E-state index contributed by atoms with van der Waals surface area (Å²) >= 11 is 0. The molecule has 0 N–H and O–H groups in total. The van der Waals surface area contributed by atoms with Gasteiger partial charge in [0, 0.05) is 18.9 Å². The number of carbonyl (C=O) groups is 1. The van der Waals surface area contributed by atoms with E-state index < -0.39 is 0 Å².